The highest BCUT2D eigenvalue weighted by atomic mass is 32.2. The van der Waals surface area contributed by atoms with Crippen LogP contribution in [0.25, 0.3) is 0 Å². The molecule has 0 bridgehead atoms. The summed E-state index contributed by atoms with van der Waals surface area (Å²) >= 11 is 1.48. The van der Waals surface area contributed by atoms with Gasteiger partial charge < -0.3 is 5.73 Å². The van der Waals surface area contributed by atoms with Gasteiger partial charge in [0.25, 0.3) is 0 Å². The van der Waals surface area contributed by atoms with Gasteiger partial charge in [0.05, 0.1) is 0 Å². The Morgan fingerprint density at radius 2 is 2.27 bits per heavy atom. The van der Waals surface area contributed by atoms with E-state index in [-0.39, 0.29) is 0 Å². The van der Waals surface area contributed by atoms with Gasteiger partial charge in [0.15, 0.2) is 5.16 Å². The second-order valence-corrected chi connectivity index (χ2v) is 3.96. The zero-order valence-electron chi connectivity index (χ0n) is 8.29. The molecule has 0 spiro atoms. The average molecular weight is 221 g/mol. The predicted octanol–water partition coefficient (Wildman–Crippen LogP) is 0.820. The molecule has 2 heterocycles. The van der Waals surface area contributed by atoms with Crippen LogP contribution in [-0.2, 0) is 13.6 Å². The Labute approximate surface area is 91.7 Å². The first-order valence-corrected chi connectivity index (χ1v) is 5.28. The smallest absolute Gasteiger partial charge is 0.192 e. The zero-order chi connectivity index (χ0) is 10.7. The average Bonchev–Trinajstić information content (AvgIpc) is 2.66. The van der Waals surface area contributed by atoms with E-state index in [0.29, 0.717) is 6.54 Å². The Kier molecular flexibility index (Phi) is 2.98. The fourth-order valence-electron chi connectivity index (χ4n) is 1.06. The topological polar surface area (TPSA) is 69.6 Å². The number of hydrogen-bond acceptors (Lipinski definition) is 5. The summed E-state index contributed by atoms with van der Waals surface area (Å²) in [6, 6.07) is 3.90. The number of aryl methyl sites for hydroxylation is 1. The van der Waals surface area contributed by atoms with Crippen molar-refractivity contribution in [2.45, 2.75) is 16.7 Å². The first kappa shape index (κ1) is 10.1. The van der Waals surface area contributed by atoms with Gasteiger partial charge in [-0.05, 0) is 23.4 Å². The number of hydrogen-bond donors (Lipinski definition) is 1. The molecule has 0 aliphatic rings. The lowest BCUT2D eigenvalue weighted by Crippen LogP contribution is -1.97. The summed E-state index contributed by atoms with van der Waals surface area (Å²) < 4.78 is 1.71. The van der Waals surface area contributed by atoms with Gasteiger partial charge in [0, 0.05) is 19.8 Å². The van der Waals surface area contributed by atoms with Crippen LogP contribution in [0.15, 0.2) is 34.8 Å². The van der Waals surface area contributed by atoms with E-state index in [9.17, 15) is 0 Å². The van der Waals surface area contributed by atoms with Crippen molar-refractivity contribution in [1.29, 1.82) is 0 Å². The molecule has 15 heavy (non-hydrogen) atoms. The largest absolute Gasteiger partial charge is 0.326 e. The molecule has 0 aliphatic carbocycles. The maximum absolute atomic E-state index is 5.49. The Morgan fingerprint density at radius 3 is 2.80 bits per heavy atom. The summed E-state index contributed by atoms with van der Waals surface area (Å²) in [5, 5.41) is 5.70. The minimum absolute atomic E-state index is 0.516. The minimum atomic E-state index is 0.516. The molecule has 5 nitrogen and oxygen atoms in total. The minimum Gasteiger partial charge on any atom is -0.326 e. The number of aromatic nitrogens is 4. The summed E-state index contributed by atoms with van der Waals surface area (Å²) in [6.07, 6.45) is 3.30. The lowest BCUT2D eigenvalue weighted by molar-refractivity contribution is 0.684. The summed E-state index contributed by atoms with van der Waals surface area (Å²) in [5.41, 5.74) is 6.51. The molecular formula is C9H11N5S. The van der Waals surface area contributed by atoms with Crippen LogP contribution in [0.5, 0.6) is 0 Å². The Morgan fingerprint density at radius 1 is 1.40 bits per heavy atom. The van der Waals surface area contributed by atoms with Gasteiger partial charge in [-0.25, -0.2) is 14.6 Å². The van der Waals surface area contributed by atoms with Gasteiger partial charge in [0.2, 0.25) is 0 Å². The maximum atomic E-state index is 5.49. The van der Waals surface area contributed by atoms with E-state index in [1.165, 1.54) is 18.1 Å². The highest BCUT2D eigenvalue weighted by Crippen LogP contribution is 2.22. The van der Waals surface area contributed by atoms with E-state index in [4.69, 9.17) is 5.73 Å². The summed E-state index contributed by atoms with van der Waals surface area (Å²) in [6.45, 7) is 0.516. The van der Waals surface area contributed by atoms with Gasteiger partial charge in [-0.15, -0.1) is 0 Å². The van der Waals surface area contributed by atoms with Crippen molar-refractivity contribution in [3.63, 3.8) is 0 Å². The third kappa shape index (κ3) is 2.34. The maximum Gasteiger partial charge on any atom is 0.192 e. The van der Waals surface area contributed by atoms with Crippen LogP contribution < -0.4 is 5.73 Å². The normalized spacial score (nSPS) is 10.5. The predicted molar refractivity (Wildman–Crippen MR) is 57.3 cm³/mol. The first-order valence-electron chi connectivity index (χ1n) is 4.46. The molecule has 0 amide bonds. The Bertz CT molecular complexity index is 436. The van der Waals surface area contributed by atoms with Crippen LogP contribution in [0.2, 0.25) is 0 Å². The lowest BCUT2D eigenvalue weighted by Gasteiger charge is -2.00. The second-order valence-electron chi connectivity index (χ2n) is 2.98. The highest BCUT2D eigenvalue weighted by Gasteiger charge is 2.03. The van der Waals surface area contributed by atoms with Crippen molar-refractivity contribution in [3.05, 3.63) is 30.2 Å². The van der Waals surface area contributed by atoms with E-state index in [1.54, 1.807) is 10.9 Å². The molecule has 0 aliphatic heterocycles. The van der Waals surface area contributed by atoms with Crippen LogP contribution in [-0.4, -0.2) is 19.7 Å². The monoisotopic (exact) mass is 221 g/mol. The molecule has 2 aromatic rings. The lowest BCUT2D eigenvalue weighted by atomic mass is 10.3. The molecular weight excluding hydrogens is 210 g/mol. The van der Waals surface area contributed by atoms with Gasteiger partial charge >= 0.3 is 0 Å². The molecule has 0 saturated heterocycles. The van der Waals surface area contributed by atoms with Crippen molar-refractivity contribution >= 4 is 11.8 Å². The third-order valence-electron chi connectivity index (χ3n) is 1.90. The Balaban J connectivity index is 2.14. The highest BCUT2D eigenvalue weighted by molar-refractivity contribution is 7.99. The van der Waals surface area contributed by atoms with Gasteiger partial charge in [-0.2, -0.15) is 5.10 Å². The molecule has 0 aromatic carbocycles. The van der Waals surface area contributed by atoms with Crippen molar-refractivity contribution in [3.8, 4) is 0 Å². The van der Waals surface area contributed by atoms with E-state index in [1.807, 2.05) is 19.2 Å². The van der Waals surface area contributed by atoms with E-state index >= 15 is 0 Å². The fraction of sp³-hybridized carbons (Fsp3) is 0.222. The van der Waals surface area contributed by atoms with Crippen molar-refractivity contribution in [1.82, 2.24) is 19.7 Å². The van der Waals surface area contributed by atoms with Gasteiger partial charge in [-0.1, -0.05) is 6.07 Å². The molecule has 2 N–H and O–H groups in total. The standard InChI is InChI=1S/C9H11N5S/c1-14-9(12-6-13-14)15-8-3-2-7(4-10)5-11-8/h2-3,5-6H,4,10H2,1H3. The fourth-order valence-corrected chi connectivity index (χ4v) is 1.77. The van der Waals surface area contributed by atoms with Gasteiger partial charge in [0.1, 0.15) is 11.4 Å². The molecule has 2 aromatic heterocycles. The van der Waals surface area contributed by atoms with Crippen molar-refractivity contribution in [2.24, 2.45) is 12.8 Å². The molecule has 2 rings (SSSR count). The molecule has 6 heteroatoms. The quantitative estimate of drug-likeness (QED) is 0.831. The SMILES string of the molecule is Cn1ncnc1Sc1ccc(CN)cn1. The van der Waals surface area contributed by atoms with Gasteiger partial charge in [-0.3, -0.25) is 0 Å². The van der Waals surface area contributed by atoms with Crippen LogP contribution in [0.1, 0.15) is 5.56 Å². The van der Waals surface area contributed by atoms with Crippen LogP contribution in [0, 0.1) is 0 Å². The van der Waals surface area contributed by atoms with Crippen LogP contribution in [0.4, 0.5) is 0 Å². The van der Waals surface area contributed by atoms with E-state index in [0.717, 1.165) is 15.7 Å². The molecule has 0 radical (unpaired) electrons. The van der Waals surface area contributed by atoms with Crippen molar-refractivity contribution < 1.29 is 0 Å². The zero-order valence-corrected chi connectivity index (χ0v) is 9.11. The number of nitrogens with two attached hydrogens (primary N) is 1. The second kappa shape index (κ2) is 4.41. The summed E-state index contributed by atoms with van der Waals surface area (Å²) in [7, 11) is 1.85. The number of pyridine rings is 1. The molecule has 0 unspecified atom stereocenters. The number of rotatable bonds is 3. The third-order valence-corrected chi connectivity index (χ3v) is 2.90. The van der Waals surface area contributed by atoms with Crippen LogP contribution >= 0.6 is 11.8 Å². The molecule has 0 saturated carbocycles. The number of nitrogens with zero attached hydrogens (tertiary/aromatic N) is 4. The molecule has 78 valence electrons. The molecule has 0 atom stereocenters. The summed E-state index contributed by atoms with van der Waals surface area (Å²) in [4.78, 5) is 8.37. The Hall–Kier alpha value is -1.40. The first-order chi connectivity index (χ1) is 7.29. The molecule has 0 fully saturated rings. The van der Waals surface area contributed by atoms with E-state index < -0.39 is 0 Å². The summed E-state index contributed by atoms with van der Waals surface area (Å²) in [5.74, 6) is 0. The van der Waals surface area contributed by atoms with Crippen molar-refractivity contribution in [2.75, 3.05) is 0 Å². The van der Waals surface area contributed by atoms with E-state index in [2.05, 4.69) is 15.1 Å². The van der Waals surface area contributed by atoms with Crippen LogP contribution in [0.3, 0.4) is 0 Å².